The summed E-state index contributed by atoms with van der Waals surface area (Å²) in [5, 5.41) is 6.58. The fourth-order valence-electron chi connectivity index (χ4n) is 3.31. The predicted octanol–water partition coefficient (Wildman–Crippen LogP) is 2.59. The summed E-state index contributed by atoms with van der Waals surface area (Å²) >= 11 is 0. The molecule has 0 bridgehead atoms. The Kier molecular flexibility index (Phi) is 10.2. The van der Waals surface area contributed by atoms with Gasteiger partial charge in [0.2, 0.25) is 5.91 Å². The second-order valence-electron chi connectivity index (χ2n) is 6.92. The summed E-state index contributed by atoms with van der Waals surface area (Å²) in [6.07, 6.45) is 3.54. The van der Waals surface area contributed by atoms with Gasteiger partial charge in [-0.1, -0.05) is 6.07 Å². The Bertz CT molecular complexity index is 657. The van der Waals surface area contributed by atoms with E-state index in [4.69, 9.17) is 9.47 Å². The van der Waals surface area contributed by atoms with Gasteiger partial charge < -0.3 is 25.0 Å². The molecule has 2 rings (SSSR count). The zero-order chi connectivity index (χ0) is 20.9. The first-order valence-corrected chi connectivity index (χ1v) is 10.9. The Morgan fingerprint density at radius 2 is 1.79 bits per heavy atom. The van der Waals surface area contributed by atoms with Crippen molar-refractivity contribution in [2.75, 3.05) is 45.9 Å². The van der Waals surface area contributed by atoms with Gasteiger partial charge in [-0.2, -0.15) is 0 Å². The molecule has 29 heavy (non-hydrogen) atoms. The molecule has 162 valence electrons. The standard InChI is InChI=1S/C22H36N4O3/c1-4-23-22(25-14-12-21(27)26-15-7-8-16-26)24-13-11-18-9-10-19(28-5-2)20(17-18)29-6-3/h9-10,17H,4-8,11-16H2,1-3H3,(H2,23,24,25). The van der Waals surface area contributed by atoms with Gasteiger partial charge in [0.05, 0.1) is 19.8 Å². The lowest BCUT2D eigenvalue weighted by Crippen LogP contribution is -2.38. The quantitative estimate of drug-likeness (QED) is 0.438. The van der Waals surface area contributed by atoms with E-state index in [1.807, 2.05) is 37.8 Å². The van der Waals surface area contributed by atoms with Crippen LogP contribution in [0.25, 0.3) is 0 Å². The average Bonchev–Trinajstić information content (AvgIpc) is 3.25. The molecule has 0 spiro atoms. The van der Waals surface area contributed by atoms with Gasteiger partial charge in [-0.15, -0.1) is 0 Å². The van der Waals surface area contributed by atoms with Crippen LogP contribution < -0.4 is 20.1 Å². The third kappa shape index (κ3) is 7.83. The molecule has 0 aliphatic carbocycles. The summed E-state index contributed by atoms with van der Waals surface area (Å²) in [6.45, 7) is 11.0. The Morgan fingerprint density at radius 1 is 1.07 bits per heavy atom. The number of hydrogen-bond acceptors (Lipinski definition) is 4. The lowest BCUT2D eigenvalue weighted by Gasteiger charge is -2.15. The van der Waals surface area contributed by atoms with E-state index in [0.717, 1.165) is 62.9 Å². The van der Waals surface area contributed by atoms with Crippen LogP contribution in [0.2, 0.25) is 0 Å². The van der Waals surface area contributed by atoms with Crippen LogP contribution in [0.5, 0.6) is 11.5 Å². The van der Waals surface area contributed by atoms with E-state index in [9.17, 15) is 4.79 Å². The van der Waals surface area contributed by atoms with Crippen molar-refractivity contribution in [1.29, 1.82) is 0 Å². The molecule has 1 aliphatic heterocycles. The molecular formula is C22H36N4O3. The molecule has 0 unspecified atom stereocenters. The number of likely N-dealkylation sites (tertiary alicyclic amines) is 1. The first-order chi connectivity index (χ1) is 14.2. The molecule has 1 heterocycles. The van der Waals surface area contributed by atoms with Crippen LogP contribution in [0.3, 0.4) is 0 Å². The molecule has 1 aromatic carbocycles. The Hall–Kier alpha value is -2.44. The smallest absolute Gasteiger partial charge is 0.224 e. The van der Waals surface area contributed by atoms with Gasteiger partial charge in [0.25, 0.3) is 0 Å². The van der Waals surface area contributed by atoms with E-state index in [-0.39, 0.29) is 5.91 Å². The fraction of sp³-hybridized carbons (Fsp3) is 0.636. The van der Waals surface area contributed by atoms with E-state index in [1.165, 1.54) is 5.56 Å². The minimum atomic E-state index is 0.208. The number of hydrogen-bond donors (Lipinski definition) is 2. The molecule has 0 atom stereocenters. The van der Waals surface area contributed by atoms with Gasteiger partial charge >= 0.3 is 0 Å². The highest BCUT2D eigenvalue weighted by atomic mass is 16.5. The van der Waals surface area contributed by atoms with Crippen molar-refractivity contribution >= 4 is 11.9 Å². The molecule has 1 amide bonds. The average molecular weight is 405 g/mol. The number of amides is 1. The number of benzene rings is 1. The molecule has 2 N–H and O–H groups in total. The van der Waals surface area contributed by atoms with Crippen molar-refractivity contribution in [2.24, 2.45) is 4.99 Å². The van der Waals surface area contributed by atoms with Crippen LogP contribution >= 0.6 is 0 Å². The van der Waals surface area contributed by atoms with Crippen LogP contribution in [-0.4, -0.2) is 62.7 Å². The van der Waals surface area contributed by atoms with Crippen molar-refractivity contribution < 1.29 is 14.3 Å². The maximum Gasteiger partial charge on any atom is 0.224 e. The molecule has 1 fully saturated rings. The van der Waals surface area contributed by atoms with Gasteiger partial charge in [-0.25, -0.2) is 0 Å². The lowest BCUT2D eigenvalue weighted by atomic mass is 10.1. The SMILES string of the molecule is CCNC(=NCCC(=O)N1CCCC1)NCCc1ccc(OCC)c(OCC)c1. The van der Waals surface area contributed by atoms with Crippen LogP contribution in [-0.2, 0) is 11.2 Å². The Morgan fingerprint density at radius 3 is 2.48 bits per heavy atom. The van der Waals surface area contributed by atoms with Crippen LogP contribution in [0.4, 0.5) is 0 Å². The maximum absolute atomic E-state index is 12.1. The van der Waals surface area contributed by atoms with Crippen molar-refractivity contribution in [3.63, 3.8) is 0 Å². The van der Waals surface area contributed by atoms with E-state index >= 15 is 0 Å². The summed E-state index contributed by atoms with van der Waals surface area (Å²) < 4.78 is 11.3. The largest absolute Gasteiger partial charge is 0.490 e. The Labute approximate surface area is 174 Å². The van der Waals surface area contributed by atoms with E-state index in [0.29, 0.717) is 26.2 Å². The number of ether oxygens (including phenoxy) is 2. The zero-order valence-electron chi connectivity index (χ0n) is 18.1. The van der Waals surface area contributed by atoms with Crippen LogP contribution in [0.1, 0.15) is 45.6 Å². The van der Waals surface area contributed by atoms with E-state index in [1.54, 1.807) is 0 Å². The van der Waals surface area contributed by atoms with Crippen LogP contribution in [0.15, 0.2) is 23.2 Å². The third-order valence-corrected chi connectivity index (χ3v) is 4.71. The van der Waals surface area contributed by atoms with Gasteiger partial charge in [0, 0.05) is 32.6 Å². The molecule has 1 saturated heterocycles. The van der Waals surface area contributed by atoms with Gasteiger partial charge in [-0.05, 0) is 57.7 Å². The summed E-state index contributed by atoms with van der Waals surface area (Å²) in [7, 11) is 0. The molecule has 0 radical (unpaired) electrons. The summed E-state index contributed by atoms with van der Waals surface area (Å²) in [5.41, 5.74) is 1.17. The van der Waals surface area contributed by atoms with Gasteiger partial charge in [0.1, 0.15) is 0 Å². The number of guanidine groups is 1. The van der Waals surface area contributed by atoms with Crippen molar-refractivity contribution in [3.05, 3.63) is 23.8 Å². The molecule has 0 saturated carbocycles. The molecule has 1 aliphatic rings. The number of rotatable bonds is 11. The topological polar surface area (TPSA) is 75.2 Å². The minimum Gasteiger partial charge on any atom is -0.490 e. The van der Waals surface area contributed by atoms with E-state index in [2.05, 4.69) is 21.7 Å². The number of carbonyl (C=O) groups excluding carboxylic acids is 1. The number of nitrogens with one attached hydrogen (secondary N) is 2. The normalized spacial score (nSPS) is 14.0. The van der Waals surface area contributed by atoms with Gasteiger partial charge in [-0.3, -0.25) is 9.79 Å². The lowest BCUT2D eigenvalue weighted by molar-refractivity contribution is -0.129. The summed E-state index contributed by atoms with van der Waals surface area (Å²) in [6, 6.07) is 6.07. The molecule has 1 aromatic rings. The number of carbonyl (C=O) groups is 1. The number of aliphatic imine (C=N–C) groups is 1. The van der Waals surface area contributed by atoms with E-state index < -0.39 is 0 Å². The summed E-state index contributed by atoms with van der Waals surface area (Å²) in [5.74, 6) is 2.52. The molecular weight excluding hydrogens is 368 g/mol. The monoisotopic (exact) mass is 404 g/mol. The molecule has 7 nitrogen and oxygen atoms in total. The highest BCUT2D eigenvalue weighted by Crippen LogP contribution is 2.28. The summed E-state index contributed by atoms with van der Waals surface area (Å²) in [4.78, 5) is 18.6. The zero-order valence-corrected chi connectivity index (χ0v) is 18.1. The third-order valence-electron chi connectivity index (χ3n) is 4.71. The molecule has 0 aromatic heterocycles. The van der Waals surface area contributed by atoms with Crippen molar-refractivity contribution in [3.8, 4) is 11.5 Å². The van der Waals surface area contributed by atoms with Crippen LogP contribution in [0, 0.1) is 0 Å². The van der Waals surface area contributed by atoms with Crippen molar-refractivity contribution in [1.82, 2.24) is 15.5 Å². The number of nitrogens with zero attached hydrogens (tertiary/aromatic N) is 2. The molecule has 7 heteroatoms. The van der Waals surface area contributed by atoms with Gasteiger partial charge in [0.15, 0.2) is 17.5 Å². The first-order valence-electron chi connectivity index (χ1n) is 10.9. The predicted molar refractivity (Wildman–Crippen MR) is 117 cm³/mol. The minimum absolute atomic E-state index is 0.208. The second kappa shape index (κ2) is 12.9. The van der Waals surface area contributed by atoms with Crippen molar-refractivity contribution in [2.45, 2.75) is 46.5 Å². The Balaban J connectivity index is 1.83. The maximum atomic E-state index is 12.1. The first kappa shape index (κ1) is 22.8. The highest BCUT2D eigenvalue weighted by molar-refractivity contribution is 5.81. The second-order valence-corrected chi connectivity index (χ2v) is 6.92. The fourth-order valence-corrected chi connectivity index (χ4v) is 3.31. The highest BCUT2D eigenvalue weighted by Gasteiger charge is 2.17.